The van der Waals surface area contributed by atoms with Gasteiger partial charge in [0.25, 0.3) is 0 Å². The molecule has 20 heavy (non-hydrogen) atoms. The van der Waals surface area contributed by atoms with E-state index in [-0.39, 0.29) is 17.2 Å². The second kappa shape index (κ2) is 6.85. The van der Waals surface area contributed by atoms with E-state index in [9.17, 15) is 10.2 Å². The van der Waals surface area contributed by atoms with Crippen LogP contribution in [0.4, 0.5) is 0 Å². The summed E-state index contributed by atoms with van der Waals surface area (Å²) in [6.07, 6.45) is 4.38. The Morgan fingerprint density at radius 2 is 1.60 bits per heavy atom. The number of ether oxygens (including phenoxy) is 1. The summed E-state index contributed by atoms with van der Waals surface area (Å²) in [6.45, 7) is 2.17. The monoisotopic (exact) mass is 272 g/mol. The van der Waals surface area contributed by atoms with E-state index in [0.717, 1.165) is 18.4 Å². The molecule has 0 aliphatic carbocycles. The van der Waals surface area contributed by atoms with Crippen molar-refractivity contribution in [1.29, 1.82) is 0 Å². The Morgan fingerprint density at radius 3 is 2.30 bits per heavy atom. The van der Waals surface area contributed by atoms with Gasteiger partial charge in [-0.15, -0.1) is 0 Å². The highest BCUT2D eigenvalue weighted by Gasteiger charge is 2.11. The number of aryl methyl sites for hydroxylation is 1. The van der Waals surface area contributed by atoms with E-state index in [1.54, 1.807) is 6.07 Å². The molecule has 0 fully saturated rings. The molecule has 0 saturated carbocycles. The molecule has 0 amide bonds. The first-order chi connectivity index (χ1) is 9.72. The van der Waals surface area contributed by atoms with Gasteiger partial charge in [0.15, 0.2) is 11.5 Å². The molecular formula is C17H20O3. The van der Waals surface area contributed by atoms with Gasteiger partial charge >= 0.3 is 0 Å². The number of phenols is 2. The minimum atomic E-state index is -0.0617. The number of benzene rings is 2. The van der Waals surface area contributed by atoms with Gasteiger partial charge in [-0.3, -0.25) is 0 Å². The van der Waals surface area contributed by atoms with E-state index in [1.165, 1.54) is 25.0 Å². The molecule has 0 unspecified atom stereocenters. The molecule has 0 atom stereocenters. The topological polar surface area (TPSA) is 49.7 Å². The maximum atomic E-state index is 9.77. The van der Waals surface area contributed by atoms with Crippen molar-refractivity contribution in [2.75, 3.05) is 0 Å². The van der Waals surface area contributed by atoms with E-state index in [1.807, 2.05) is 24.3 Å². The van der Waals surface area contributed by atoms with Crippen LogP contribution in [0.3, 0.4) is 0 Å². The SMILES string of the molecule is CCCCCc1ccccc1Oc1c(O)cccc1O. The smallest absolute Gasteiger partial charge is 0.210 e. The largest absolute Gasteiger partial charge is 0.504 e. The Kier molecular flexibility index (Phi) is 4.88. The summed E-state index contributed by atoms with van der Waals surface area (Å²) in [5.74, 6) is 0.664. The molecule has 0 aliphatic heterocycles. The standard InChI is InChI=1S/C17H20O3/c1-2-3-4-8-13-9-5-6-12-16(13)20-17-14(18)10-7-11-15(17)19/h5-7,9-12,18-19H,2-4,8H2,1H3. The minimum absolute atomic E-state index is 0.0617. The van der Waals surface area contributed by atoms with Crippen LogP contribution in [0, 0.1) is 0 Å². The van der Waals surface area contributed by atoms with Crippen molar-refractivity contribution in [1.82, 2.24) is 0 Å². The summed E-state index contributed by atoms with van der Waals surface area (Å²) < 4.78 is 5.70. The van der Waals surface area contributed by atoms with Crippen molar-refractivity contribution in [3.63, 3.8) is 0 Å². The third-order valence-electron chi connectivity index (χ3n) is 3.21. The van der Waals surface area contributed by atoms with Crippen molar-refractivity contribution >= 4 is 0 Å². The summed E-state index contributed by atoms with van der Waals surface area (Å²) >= 11 is 0. The van der Waals surface area contributed by atoms with Crippen LogP contribution in [0.2, 0.25) is 0 Å². The first-order valence-electron chi connectivity index (χ1n) is 6.99. The molecule has 2 N–H and O–H groups in total. The molecule has 2 rings (SSSR count). The summed E-state index contributed by atoms with van der Waals surface area (Å²) in [4.78, 5) is 0. The van der Waals surface area contributed by atoms with Gasteiger partial charge in [-0.2, -0.15) is 0 Å². The van der Waals surface area contributed by atoms with Crippen molar-refractivity contribution < 1.29 is 14.9 Å². The van der Waals surface area contributed by atoms with Gasteiger partial charge in [0.2, 0.25) is 5.75 Å². The fraction of sp³-hybridized carbons (Fsp3) is 0.294. The molecule has 0 aliphatic rings. The Hall–Kier alpha value is -2.16. The molecule has 0 spiro atoms. The van der Waals surface area contributed by atoms with Gasteiger partial charge < -0.3 is 14.9 Å². The quantitative estimate of drug-likeness (QED) is 0.754. The van der Waals surface area contributed by atoms with Gasteiger partial charge in [0.05, 0.1) is 0 Å². The number of hydrogen-bond donors (Lipinski definition) is 2. The van der Waals surface area contributed by atoms with Crippen LogP contribution in [-0.2, 0) is 6.42 Å². The van der Waals surface area contributed by atoms with E-state index in [0.29, 0.717) is 5.75 Å². The molecule has 0 heterocycles. The van der Waals surface area contributed by atoms with E-state index in [2.05, 4.69) is 6.92 Å². The predicted octanol–water partition coefficient (Wildman–Crippen LogP) is 4.62. The van der Waals surface area contributed by atoms with Gasteiger partial charge in [-0.1, -0.05) is 44.0 Å². The fourth-order valence-electron chi connectivity index (χ4n) is 2.10. The Labute approximate surface area is 119 Å². The number of phenolic OH excluding ortho intramolecular Hbond substituents is 2. The zero-order valence-electron chi connectivity index (χ0n) is 11.7. The molecule has 0 saturated heterocycles. The maximum Gasteiger partial charge on any atom is 0.210 e. The Balaban J connectivity index is 2.20. The highest BCUT2D eigenvalue weighted by molar-refractivity contribution is 5.52. The lowest BCUT2D eigenvalue weighted by Gasteiger charge is -2.13. The van der Waals surface area contributed by atoms with Gasteiger partial charge in [0.1, 0.15) is 5.75 Å². The van der Waals surface area contributed by atoms with Crippen LogP contribution in [0.25, 0.3) is 0 Å². The Bertz CT molecular complexity index is 544. The first-order valence-corrected chi connectivity index (χ1v) is 6.99. The van der Waals surface area contributed by atoms with Crippen molar-refractivity contribution in [2.45, 2.75) is 32.6 Å². The molecule has 3 heteroatoms. The molecule has 106 valence electrons. The second-order valence-electron chi connectivity index (χ2n) is 4.79. The minimum Gasteiger partial charge on any atom is -0.504 e. The normalized spacial score (nSPS) is 10.4. The second-order valence-corrected chi connectivity index (χ2v) is 4.79. The number of unbranched alkanes of at least 4 members (excludes halogenated alkanes) is 2. The molecule has 0 radical (unpaired) electrons. The van der Waals surface area contributed by atoms with E-state index >= 15 is 0 Å². The average Bonchev–Trinajstić information content (AvgIpc) is 2.45. The molecule has 2 aromatic rings. The summed E-state index contributed by atoms with van der Waals surface area (Å²) in [5.41, 5.74) is 1.09. The average molecular weight is 272 g/mol. The highest BCUT2D eigenvalue weighted by atomic mass is 16.5. The van der Waals surface area contributed by atoms with Gasteiger partial charge in [-0.05, 0) is 36.6 Å². The van der Waals surface area contributed by atoms with Crippen molar-refractivity contribution in [3.05, 3.63) is 48.0 Å². The third-order valence-corrected chi connectivity index (χ3v) is 3.21. The van der Waals surface area contributed by atoms with Crippen molar-refractivity contribution in [3.8, 4) is 23.0 Å². The maximum absolute atomic E-state index is 9.77. The zero-order chi connectivity index (χ0) is 14.4. The van der Waals surface area contributed by atoms with Gasteiger partial charge in [0, 0.05) is 0 Å². The zero-order valence-corrected chi connectivity index (χ0v) is 11.7. The summed E-state index contributed by atoms with van der Waals surface area (Å²) in [5, 5.41) is 19.5. The summed E-state index contributed by atoms with van der Waals surface area (Å²) in [6, 6.07) is 12.3. The van der Waals surface area contributed by atoms with E-state index < -0.39 is 0 Å². The van der Waals surface area contributed by atoms with Crippen LogP contribution in [0.5, 0.6) is 23.0 Å². The van der Waals surface area contributed by atoms with Crippen molar-refractivity contribution in [2.24, 2.45) is 0 Å². The van der Waals surface area contributed by atoms with Gasteiger partial charge in [-0.25, -0.2) is 0 Å². The molecule has 2 aromatic carbocycles. The van der Waals surface area contributed by atoms with Crippen LogP contribution in [0.1, 0.15) is 31.7 Å². The highest BCUT2D eigenvalue weighted by Crippen LogP contribution is 2.39. The lowest BCUT2D eigenvalue weighted by atomic mass is 10.1. The number of hydrogen-bond acceptors (Lipinski definition) is 3. The molecule has 0 aromatic heterocycles. The van der Waals surface area contributed by atoms with E-state index in [4.69, 9.17) is 4.74 Å². The molecular weight excluding hydrogens is 252 g/mol. The number of rotatable bonds is 6. The predicted molar refractivity (Wildman–Crippen MR) is 79.5 cm³/mol. The Morgan fingerprint density at radius 1 is 0.900 bits per heavy atom. The molecule has 0 bridgehead atoms. The summed E-state index contributed by atoms with van der Waals surface area (Å²) in [7, 11) is 0. The number of aromatic hydroxyl groups is 2. The first kappa shape index (κ1) is 14.3. The van der Waals surface area contributed by atoms with Crippen LogP contribution in [-0.4, -0.2) is 10.2 Å². The van der Waals surface area contributed by atoms with Crippen LogP contribution >= 0.6 is 0 Å². The lowest BCUT2D eigenvalue weighted by Crippen LogP contribution is -1.93. The third kappa shape index (κ3) is 3.44. The lowest BCUT2D eigenvalue weighted by molar-refractivity contribution is 0.374. The number of para-hydroxylation sites is 2. The van der Waals surface area contributed by atoms with Crippen LogP contribution in [0.15, 0.2) is 42.5 Å². The van der Waals surface area contributed by atoms with Crippen LogP contribution < -0.4 is 4.74 Å². The fourth-order valence-corrected chi connectivity index (χ4v) is 2.10. The molecule has 3 nitrogen and oxygen atoms in total.